The van der Waals surface area contributed by atoms with Gasteiger partial charge in [0.15, 0.2) is 5.13 Å². The predicted molar refractivity (Wildman–Crippen MR) is 55.0 cm³/mol. The van der Waals surface area contributed by atoms with Crippen LogP contribution in [0.3, 0.4) is 0 Å². The van der Waals surface area contributed by atoms with E-state index in [1.54, 1.807) is 11.3 Å². The zero-order chi connectivity index (χ0) is 8.97. The van der Waals surface area contributed by atoms with Crippen molar-refractivity contribution < 1.29 is 0 Å². The van der Waals surface area contributed by atoms with Gasteiger partial charge in [0, 0.05) is 11.4 Å². The molecule has 0 unspecified atom stereocenters. The molecule has 0 aromatic carbocycles. The Hall–Kier alpha value is -0.570. The summed E-state index contributed by atoms with van der Waals surface area (Å²) in [5, 5.41) is 4.37. The maximum absolute atomic E-state index is 4.47. The Balaban J connectivity index is 2.62. The van der Waals surface area contributed by atoms with Gasteiger partial charge in [0.05, 0.1) is 5.69 Å². The summed E-state index contributed by atoms with van der Waals surface area (Å²) in [5.74, 6) is 0. The van der Waals surface area contributed by atoms with Crippen LogP contribution in [0.1, 0.15) is 30.8 Å². The van der Waals surface area contributed by atoms with E-state index in [2.05, 4.69) is 31.1 Å². The lowest BCUT2D eigenvalue weighted by Gasteiger charge is -1.96. The second-order valence-electron chi connectivity index (χ2n) is 2.80. The summed E-state index contributed by atoms with van der Waals surface area (Å²) in [6, 6.07) is 0. The second kappa shape index (κ2) is 4.45. The first-order valence-electron chi connectivity index (χ1n) is 4.48. The molecule has 0 fully saturated rings. The molecular weight excluding hydrogens is 168 g/mol. The van der Waals surface area contributed by atoms with Crippen LogP contribution in [0.15, 0.2) is 0 Å². The molecule has 0 spiro atoms. The van der Waals surface area contributed by atoms with Crippen LogP contribution in [-0.2, 0) is 6.42 Å². The number of nitrogens with zero attached hydrogens (tertiary/aromatic N) is 1. The van der Waals surface area contributed by atoms with Crippen molar-refractivity contribution in [3.63, 3.8) is 0 Å². The molecule has 0 aliphatic heterocycles. The molecule has 0 radical (unpaired) electrons. The Morgan fingerprint density at radius 2 is 2.17 bits per heavy atom. The maximum Gasteiger partial charge on any atom is 0.183 e. The van der Waals surface area contributed by atoms with Crippen molar-refractivity contribution >= 4 is 16.5 Å². The Morgan fingerprint density at radius 1 is 1.42 bits per heavy atom. The first-order valence-corrected chi connectivity index (χ1v) is 5.29. The van der Waals surface area contributed by atoms with E-state index >= 15 is 0 Å². The highest BCUT2D eigenvalue weighted by molar-refractivity contribution is 7.15. The minimum Gasteiger partial charge on any atom is -0.362 e. The van der Waals surface area contributed by atoms with Gasteiger partial charge in [0.25, 0.3) is 0 Å². The summed E-state index contributed by atoms with van der Waals surface area (Å²) in [5.41, 5.74) is 1.23. The summed E-state index contributed by atoms with van der Waals surface area (Å²) in [4.78, 5) is 5.82. The largest absolute Gasteiger partial charge is 0.362 e. The number of rotatable bonds is 4. The lowest BCUT2D eigenvalue weighted by atomic mass is 10.3. The van der Waals surface area contributed by atoms with Gasteiger partial charge in [-0.3, -0.25) is 0 Å². The molecule has 1 rings (SSSR count). The third-order valence-electron chi connectivity index (χ3n) is 1.75. The number of hydrogen-bond acceptors (Lipinski definition) is 3. The van der Waals surface area contributed by atoms with Crippen LogP contribution in [0.4, 0.5) is 5.13 Å². The number of aryl methyl sites for hydroxylation is 2. The van der Waals surface area contributed by atoms with Crippen molar-refractivity contribution in [2.75, 3.05) is 11.9 Å². The standard InChI is InChI=1S/C9H16N2S/c1-4-6-10-9-11-8(5-2)7(3)12-9/h4-6H2,1-3H3,(H,10,11). The van der Waals surface area contributed by atoms with Gasteiger partial charge in [-0.05, 0) is 19.8 Å². The molecule has 1 aromatic rings. The average Bonchev–Trinajstić information content (AvgIpc) is 2.43. The summed E-state index contributed by atoms with van der Waals surface area (Å²) >= 11 is 1.76. The number of nitrogens with one attached hydrogen (secondary N) is 1. The van der Waals surface area contributed by atoms with Crippen molar-refractivity contribution in [2.45, 2.75) is 33.6 Å². The Bertz CT molecular complexity index is 243. The highest BCUT2D eigenvalue weighted by Gasteiger charge is 2.03. The van der Waals surface area contributed by atoms with Gasteiger partial charge in [-0.15, -0.1) is 11.3 Å². The normalized spacial score (nSPS) is 10.2. The molecule has 0 bridgehead atoms. The molecule has 2 nitrogen and oxygen atoms in total. The van der Waals surface area contributed by atoms with E-state index in [0.29, 0.717) is 0 Å². The SMILES string of the molecule is CCCNc1nc(CC)c(C)s1. The zero-order valence-electron chi connectivity index (χ0n) is 7.98. The molecule has 1 heterocycles. The highest BCUT2D eigenvalue weighted by atomic mass is 32.1. The number of anilines is 1. The van der Waals surface area contributed by atoms with Gasteiger partial charge in [0.2, 0.25) is 0 Å². The molecule has 1 aromatic heterocycles. The number of aromatic nitrogens is 1. The summed E-state index contributed by atoms with van der Waals surface area (Å²) in [7, 11) is 0. The van der Waals surface area contributed by atoms with Crippen LogP contribution >= 0.6 is 11.3 Å². The van der Waals surface area contributed by atoms with Gasteiger partial charge < -0.3 is 5.32 Å². The monoisotopic (exact) mass is 184 g/mol. The molecule has 0 aliphatic carbocycles. The fraction of sp³-hybridized carbons (Fsp3) is 0.667. The highest BCUT2D eigenvalue weighted by Crippen LogP contribution is 2.21. The molecule has 0 saturated carbocycles. The Labute approximate surface area is 78.0 Å². The lowest BCUT2D eigenvalue weighted by Crippen LogP contribution is -1.98. The first-order chi connectivity index (χ1) is 5.77. The fourth-order valence-electron chi connectivity index (χ4n) is 1.06. The minimum absolute atomic E-state index is 1.02. The van der Waals surface area contributed by atoms with E-state index < -0.39 is 0 Å². The van der Waals surface area contributed by atoms with Crippen molar-refractivity contribution in [3.8, 4) is 0 Å². The van der Waals surface area contributed by atoms with E-state index in [4.69, 9.17) is 0 Å². The van der Waals surface area contributed by atoms with Crippen LogP contribution in [0, 0.1) is 6.92 Å². The topological polar surface area (TPSA) is 24.9 Å². The molecule has 1 N–H and O–H groups in total. The van der Waals surface area contributed by atoms with E-state index in [1.807, 2.05) is 0 Å². The van der Waals surface area contributed by atoms with Crippen molar-refractivity contribution in [1.82, 2.24) is 4.98 Å². The number of thiazole rings is 1. The van der Waals surface area contributed by atoms with Gasteiger partial charge in [-0.25, -0.2) is 4.98 Å². The summed E-state index contributed by atoms with van der Waals surface area (Å²) in [6.45, 7) is 7.46. The van der Waals surface area contributed by atoms with Gasteiger partial charge in [0.1, 0.15) is 0 Å². The Kier molecular flexibility index (Phi) is 3.53. The molecule has 68 valence electrons. The van der Waals surface area contributed by atoms with Crippen LogP contribution in [-0.4, -0.2) is 11.5 Å². The van der Waals surface area contributed by atoms with Gasteiger partial charge in [-0.2, -0.15) is 0 Å². The van der Waals surface area contributed by atoms with E-state index in [1.165, 1.54) is 10.6 Å². The van der Waals surface area contributed by atoms with Crippen LogP contribution in [0.25, 0.3) is 0 Å². The van der Waals surface area contributed by atoms with Gasteiger partial charge >= 0.3 is 0 Å². The molecule has 0 saturated heterocycles. The quantitative estimate of drug-likeness (QED) is 0.778. The average molecular weight is 184 g/mol. The molecular formula is C9H16N2S. The maximum atomic E-state index is 4.47. The molecule has 0 atom stereocenters. The van der Waals surface area contributed by atoms with Crippen molar-refractivity contribution in [1.29, 1.82) is 0 Å². The molecule has 3 heteroatoms. The third-order valence-corrected chi connectivity index (χ3v) is 2.72. The predicted octanol–water partition coefficient (Wildman–Crippen LogP) is 2.84. The number of hydrogen-bond donors (Lipinski definition) is 1. The van der Waals surface area contributed by atoms with Crippen LogP contribution in [0.5, 0.6) is 0 Å². The van der Waals surface area contributed by atoms with E-state index in [0.717, 1.165) is 24.5 Å². The summed E-state index contributed by atoms with van der Waals surface area (Å²) < 4.78 is 0. The molecule has 0 amide bonds. The van der Waals surface area contributed by atoms with E-state index in [-0.39, 0.29) is 0 Å². The van der Waals surface area contributed by atoms with Crippen LogP contribution in [0.2, 0.25) is 0 Å². The van der Waals surface area contributed by atoms with Crippen molar-refractivity contribution in [3.05, 3.63) is 10.6 Å². The molecule has 12 heavy (non-hydrogen) atoms. The van der Waals surface area contributed by atoms with Gasteiger partial charge in [-0.1, -0.05) is 13.8 Å². The minimum atomic E-state index is 1.02. The second-order valence-corrected chi connectivity index (χ2v) is 4.01. The molecule has 0 aliphatic rings. The Morgan fingerprint density at radius 3 is 2.67 bits per heavy atom. The lowest BCUT2D eigenvalue weighted by molar-refractivity contribution is 0.967. The smallest absolute Gasteiger partial charge is 0.183 e. The van der Waals surface area contributed by atoms with Crippen molar-refractivity contribution in [2.24, 2.45) is 0 Å². The zero-order valence-corrected chi connectivity index (χ0v) is 8.79. The van der Waals surface area contributed by atoms with E-state index in [9.17, 15) is 0 Å². The fourth-order valence-corrected chi connectivity index (χ4v) is 1.99. The summed E-state index contributed by atoms with van der Waals surface area (Å²) in [6.07, 6.45) is 2.19. The van der Waals surface area contributed by atoms with Crippen LogP contribution < -0.4 is 5.32 Å². The third kappa shape index (κ3) is 2.21. The first kappa shape index (κ1) is 9.52.